The molecular weight excluding hydrogens is 248 g/mol. The Morgan fingerprint density at radius 2 is 1.80 bits per heavy atom. The van der Waals surface area contributed by atoms with Gasteiger partial charge in [-0.25, -0.2) is 18.2 Å². The molecule has 0 radical (unpaired) electrons. The van der Waals surface area contributed by atoms with E-state index in [4.69, 9.17) is 11.6 Å². The number of aromatic nitrogens is 1. The van der Waals surface area contributed by atoms with Crippen molar-refractivity contribution in [3.05, 3.63) is 28.3 Å². The molecule has 15 heavy (non-hydrogen) atoms. The summed E-state index contributed by atoms with van der Waals surface area (Å²) in [5, 5.41) is -0.834. The Kier molecular flexibility index (Phi) is 3.13. The quantitative estimate of drug-likeness (QED) is 0.544. The van der Waals surface area contributed by atoms with Gasteiger partial charge >= 0.3 is 6.18 Å². The second kappa shape index (κ2) is 3.88. The van der Waals surface area contributed by atoms with E-state index in [-0.39, 0.29) is 6.07 Å². The minimum Gasteiger partial charge on any atom is -0.232 e. The molecule has 1 nitrogen and oxygen atoms in total. The lowest BCUT2D eigenvalue weighted by Gasteiger charge is -2.10. The van der Waals surface area contributed by atoms with E-state index in [9.17, 15) is 26.3 Å². The van der Waals surface area contributed by atoms with Gasteiger partial charge in [-0.05, 0) is 6.07 Å². The molecule has 8 heteroatoms. The van der Waals surface area contributed by atoms with Gasteiger partial charge in [-0.2, -0.15) is 13.2 Å². The fourth-order valence-corrected chi connectivity index (χ4v) is 1.07. The van der Waals surface area contributed by atoms with Crippen molar-refractivity contribution in [2.24, 2.45) is 0 Å². The summed E-state index contributed by atoms with van der Waals surface area (Å²) in [5.74, 6) is -2.10. The maximum Gasteiger partial charge on any atom is 0.419 e. The van der Waals surface area contributed by atoms with Crippen molar-refractivity contribution in [1.29, 1.82) is 0 Å². The van der Waals surface area contributed by atoms with E-state index in [1.165, 1.54) is 0 Å². The highest BCUT2D eigenvalue weighted by atomic mass is 35.5. The van der Waals surface area contributed by atoms with E-state index >= 15 is 0 Å². The molecule has 0 unspecified atom stereocenters. The molecule has 84 valence electrons. The van der Waals surface area contributed by atoms with Crippen LogP contribution in [-0.4, -0.2) is 4.98 Å². The lowest BCUT2D eigenvalue weighted by atomic mass is 10.2. The molecule has 0 bridgehead atoms. The molecule has 0 aliphatic heterocycles. The lowest BCUT2D eigenvalue weighted by molar-refractivity contribution is -0.140. The number of rotatable bonds is 1. The average molecular weight is 250 g/mol. The second-order valence-corrected chi connectivity index (χ2v) is 2.88. The first-order valence-electron chi connectivity index (χ1n) is 3.44. The van der Waals surface area contributed by atoms with Crippen molar-refractivity contribution in [1.82, 2.24) is 4.98 Å². The van der Waals surface area contributed by atoms with Crippen LogP contribution >= 0.6 is 11.6 Å². The largest absolute Gasteiger partial charge is 0.419 e. The molecule has 0 saturated carbocycles. The van der Waals surface area contributed by atoms with Crippen LogP contribution in [0, 0.1) is 5.82 Å². The van der Waals surface area contributed by atoms with Crippen molar-refractivity contribution in [2.75, 3.05) is 0 Å². The molecule has 0 atom stereocenters. The molecule has 0 spiro atoms. The smallest absolute Gasteiger partial charge is 0.232 e. The molecule has 0 N–H and O–H groups in total. The fraction of sp³-hybridized carbons (Fsp3) is 0.286. The summed E-state index contributed by atoms with van der Waals surface area (Å²) >= 11 is 5.06. The minimum atomic E-state index is -5.08. The Labute approximate surface area is 84.7 Å². The normalized spacial score (nSPS) is 12.3. The van der Waals surface area contributed by atoms with Gasteiger partial charge < -0.3 is 0 Å². The number of nitrogens with zero attached hydrogens (tertiary/aromatic N) is 1. The summed E-state index contributed by atoms with van der Waals surface area (Å²) in [7, 11) is 0. The third-order valence-electron chi connectivity index (χ3n) is 1.46. The van der Waals surface area contributed by atoms with Crippen LogP contribution < -0.4 is 0 Å². The van der Waals surface area contributed by atoms with Crippen molar-refractivity contribution in [3.8, 4) is 0 Å². The first kappa shape index (κ1) is 12.1. The molecule has 1 aromatic heterocycles. The molecule has 1 heterocycles. The topological polar surface area (TPSA) is 12.9 Å². The minimum absolute atomic E-state index is 0.156. The van der Waals surface area contributed by atoms with Crippen LogP contribution in [0.4, 0.5) is 26.3 Å². The van der Waals surface area contributed by atoms with Gasteiger partial charge in [0, 0.05) is 0 Å². The van der Waals surface area contributed by atoms with Crippen molar-refractivity contribution in [2.45, 2.75) is 12.6 Å². The van der Waals surface area contributed by atoms with E-state index in [0.29, 0.717) is 0 Å². The Morgan fingerprint density at radius 1 is 1.27 bits per heavy atom. The third kappa shape index (κ3) is 2.53. The van der Waals surface area contributed by atoms with Crippen molar-refractivity contribution in [3.63, 3.8) is 0 Å². The standard InChI is InChI=1S/C7H2ClF6N/c8-3-1-2(7(12,13)14)4(9)5(15-3)6(10)11/h1,6H. The number of hydrogen-bond acceptors (Lipinski definition) is 1. The molecule has 0 aliphatic rings. The van der Waals surface area contributed by atoms with Gasteiger partial charge in [0.2, 0.25) is 0 Å². The number of pyridine rings is 1. The molecule has 1 aromatic rings. The van der Waals surface area contributed by atoms with Gasteiger partial charge in [-0.15, -0.1) is 0 Å². The van der Waals surface area contributed by atoms with Gasteiger partial charge in [0.1, 0.15) is 10.8 Å². The first-order valence-corrected chi connectivity index (χ1v) is 3.82. The molecular formula is C7H2ClF6N. The second-order valence-electron chi connectivity index (χ2n) is 2.49. The number of alkyl halides is 5. The summed E-state index contributed by atoms with van der Waals surface area (Å²) in [4.78, 5) is 2.79. The monoisotopic (exact) mass is 249 g/mol. The van der Waals surface area contributed by atoms with Crippen LogP contribution in [-0.2, 0) is 6.18 Å². The maximum absolute atomic E-state index is 12.9. The molecule has 0 aliphatic carbocycles. The van der Waals surface area contributed by atoms with E-state index in [1.807, 2.05) is 0 Å². The van der Waals surface area contributed by atoms with Gasteiger partial charge in [-0.3, -0.25) is 0 Å². The average Bonchev–Trinajstić information content (AvgIpc) is 2.06. The first-order chi connectivity index (χ1) is 6.73. The van der Waals surface area contributed by atoms with Gasteiger partial charge in [0.15, 0.2) is 5.82 Å². The summed E-state index contributed by atoms with van der Waals surface area (Å²) in [6.07, 6.45) is -8.54. The molecule has 0 aromatic carbocycles. The number of halogens is 7. The summed E-state index contributed by atoms with van der Waals surface area (Å²) < 4.78 is 73.3. The maximum atomic E-state index is 12.9. The predicted octanol–water partition coefficient (Wildman–Crippen LogP) is 3.83. The highest BCUT2D eigenvalue weighted by Gasteiger charge is 2.37. The third-order valence-corrected chi connectivity index (χ3v) is 1.66. The number of hydrogen-bond donors (Lipinski definition) is 0. The van der Waals surface area contributed by atoms with Crippen molar-refractivity contribution >= 4 is 11.6 Å². The van der Waals surface area contributed by atoms with Crippen LogP contribution in [0.3, 0.4) is 0 Å². The van der Waals surface area contributed by atoms with E-state index in [0.717, 1.165) is 0 Å². The summed E-state index contributed by atoms with van der Waals surface area (Å²) in [6, 6.07) is 0.156. The summed E-state index contributed by atoms with van der Waals surface area (Å²) in [5.41, 5.74) is -3.45. The predicted molar refractivity (Wildman–Crippen MR) is 39.2 cm³/mol. The van der Waals surface area contributed by atoms with Crippen LogP contribution in [0.2, 0.25) is 5.15 Å². The SMILES string of the molecule is Fc1c(C(F)(F)F)cc(Cl)nc1C(F)F. The Balaban J connectivity index is 3.42. The van der Waals surface area contributed by atoms with E-state index < -0.39 is 34.8 Å². The van der Waals surface area contributed by atoms with E-state index in [2.05, 4.69) is 4.98 Å². The molecule has 0 saturated heterocycles. The Hall–Kier alpha value is -0.980. The fourth-order valence-electron chi connectivity index (χ4n) is 0.868. The van der Waals surface area contributed by atoms with Crippen molar-refractivity contribution < 1.29 is 26.3 Å². The van der Waals surface area contributed by atoms with Crippen LogP contribution in [0.5, 0.6) is 0 Å². The van der Waals surface area contributed by atoms with Crippen LogP contribution in [0.25, 0.3) is 0 Å². The van der Waals surface area contributed by atoms with Gasteiger partial charge in [0.05, 0.1) is 5.56 Å². The highest BCUT2D eigenvalue weighted by molar-refractivity contribution is 6.29. The molecule has 0 fully saturated rings. The molecule has 0 amide bonds. The zero-order chi connectivity index (χ0) is 11.8. The summed E-state index contributed by atoms with van der Waals surface area (Å²) in [6.45, 7) is 0. The zero-order valence-corrected chi connectivity index (χ0v) is 7.50. The Morgan fingerprint density at radius 3 is 2.20 bits per heavy atom. The Bertz CT molecular complexity index is 374. The van der Waals surface area contributed by atoms with E-state index in [1.54, 1.807) is 0 Å². The lowest BCUT2D eigenvalue weighted by Crippen LogP contribution is -2.12. The molecule has 1 rings (SSSR count). The van der Waals surface area contributed by atoms with Crippen LogP contribution in [0.15, 0.2) is 6.07 Å². The zero-order valence-electron chi connectivity index (χ0n) is 6.75. The van der Waals surface area contributed by atoms with Gasteiger partial charge in [0.25, 0.3) is 6.43 Å². The highest BCUT2D eigenvalue weighted by Crippen LogP contribution is 2.35. The van der Waals surface area contributed by atoms with Crippen LogP contribution in [0.1, 0.15) is 17.7 Å². The van der Waals surface area contributed by atoms with Gasteiger partial charge in [-0.1, -0.05) is 11.6 Å².